The van der Waals surface area contributed by atoms with Crippen molar-refractivity contribution in [2.45, 2.75) is 77.7 Å². The summed E-state index contributed by atoms with van der Waals surface area (Å²) >= 11 is 6.18. The summed E-state index contributed by atoms with van der Waals surface area (Å²) in [6, 6.07) is 5.96. The van der Waals surface area contributed by atoms with Gasteiger partial charge in [-0.2, -0.15) is 0 Å². The van der Waals surface area contributed by atoms with Crippen LogP contribution >= 0.6 is 11.6 Å². The summed E-state index contributed by atoms with van der Waals surface area (Å²) in [7, 11) is 0. The van der Waals surface area contributed by atoms with Crippen LogP contribution in [-0.2, 0) is 11.2 Å². The number of aryl methyl sites for hydroxylation is 1. The first kappa shape index (κ1) is 22.8. The summed E-state index contributed by atoms with van der Waals surface area (Å²) in [5.41, 5.74) is 1.59. The van der Waals surface area contributed by atoms with Crippen LogP contribution in [-0.4, -0.2) is 32.4 Å². The second kappa shape index (κ2) is 10.4. The third kappa shape index (κ3) is 5.82. The monoisotopic (exact) mass is 432 g/mol. The highest BCUT2D eigenvalue weighted by atomic mass is 35.5. The molecule has 0 radical (unpaired) electrons. The van der Waals surface area contributed by atoms with Crippen LogP contribution < -0.4 is 5.32 Å². The van der Waals surface area contributed by atoms with Gasteiger partial charge in [0.25, 0.3) is 0 Å². The van der Waals surface area contributed by atoms with Gasteiger partial charge < -0.3 is 15.0 Å². The Bertz CT molecular complexity index is 861. The van der Waals surface area contributed by atoms with Gasteiger partial charge in [0.2, 0.25) is 5.91 Å². The zero-order valence-corrected chi connectivity index (χ0v) is 19.0. The van der Waals surface area contributed by atoms with Crippen molar-refractivity contribution in [1.82, 2.24) is 14.8 Å². The Kier molecular flexibility index (Phi) is 7.89. The lowest BCUT2D eigenvalue weighted by atomic mass is 9.97. The number of nitrogens with one attached hydrogen (secondary N) is 1. The highest BCUT2D eigenvalue weighted by Gasteiger charge is 2.32. The maximum Gasteiger partial charge on any atom is 0.225 e. The van der Waals surface area contributed by atoms with Gasteiger partial charge in [-0.05, 0) is 62.6 Å². The number of amides is 1. The minimum absolute atomic E-state index is 0.0717. The second-order valence-corrected chi connectivity index (χ2v) is 9.14. The first-order chi connectivity index (χ1) is 14.4. The first-order valence-electron chi connectivity index (χ1n) is 11.0. The zero-order chi connectivity index (χ0) is 21.7. The fourth-order valence-corrected chi connectivity index (χ4v) is 3.94. The maximum absolute atomic E-state index is 12.9. The quantitative estimate of drug-likeness (QED) is 0.520. The molecule has 6 nitrogen and oxygen atoms in total. The summed E-state index contributed by atoms with van der Waals surface area (Å²) in [5, 5.41) is 22.0. The highest BCUT2D eigenvalue weighted by molar-refractivity contribution is 6.31. The van der Waals surface area contributed by atoms with E-state index >= 15 is 0 Å². The summed E-state index contributed by atoms with van der Waals surface area (Å²) < 4.78 is 2.28. The van der Waals surface area contributed by atoms with E-state index in [1.54, 1.807) is 0 Å². The van der Waals surface area contributed by atoms with Crippen LogP contribution in [0, 0.1) is 12.8 Å². The lowest BCUT2D eigenvalue weighted by Crippen LogP contribution is -2.19. The van der Waals surface area contributed by atoms with Crippen molar-refractivity contribution in [2.75, 3.05) is 11.9 Å². The number of carbonyl (C=O) groups is 1. The van der Waals surface area contributed by atoms with E-state index in [1.807, 2.05) is 25.1 Å². The van der Waals surface area contributed by atoms with Crippen LogP contribution in [0.25, 0.3) is 0 Å². The van der Waals surface area contributed by atoms with Gasteiger partial charge in [0.15, 0.2) is 0 Å². The number of halogens is 1. The number of carbonyl (C=O) groups excluding carboxylic acids is 1. The molecular formula is C23H33ClN4O2. The molecule has 0 saturated heterocycles. The fourth-order valence-electron chi connectivity index (χ4n) is 3.76. The molecule has 1 unspecified atom stereocenters. The molecule has 1 atom stereocenters. The van der Waals surface area contributed by atoms with E-state index in [4.69, 9.17) is 11.6 Å². The average Bonchev–Trinajstić information content (AvgIpc) is 3.46. The van der Waals surface area contributed by atoms with Crippen molar-refractivity contribution in [1.29, 1.82) is 0 Å². The molecule has 30 heavy (non-hydrogen) atoms. The molecule has 1 aliphatic rings. The van der Waals surface area contributed by atoms with E-state index in [1.165, 1.54) is 0 Å². The van der Waals surface area contributed by atoms with E-state index < -0.39 is 0 Å². The predicted molar refractivity (Wildman–Crippen MR) is 120 cm³/mol. The molecule has 2 N–H and O–H groups in total. The minimum Gasteiger partial charge on any atom is -0.396 e. The third-order valence-electron chi connectivity index (χ3n) is 5.70. The number of hydrogen-bond acceptors (Lipinski definition) is 4. The van der Waals surface area contributed by atoms with Gasteiger partial charge in [-0.1, -0.05) is 31.5 Å². The van der Waals surface area contributed by atoms with Gasteiger partial charge >= 0.3 is 0 Å². The van der Waals surface area contributed by atoms with Crippen LogP contribution in [0.3, 0.4) is 0 Å². The van der Waals surface area contributed by atoms with Gasteiger partial charge in [-0.25, -0.2) is 0 Å². The molecule has 0 bridgehead atoms. The molecule has 1 heterocycles. The standard InChI is InChI=1S/C23H33ClN4O2/c1-15(2)9-12-21-26-27-23(28(21)18-10-11-18)17(6-5-13-29)14-22(30)25-20-8-4-7-19(24)16(20)3/h4,7-8,15,17-18,29H,5-6,9-14H2,1-3H3,(H,25,30). The van der Waals surface area contributed by atoms with Crippen LogP contribution in [0.5, 0.6) is 0 Å². The predicted octanol–water partition coefficient (Wildman–Crippen LogP) is 5.05. The van der Waals surface area contributed by atoms with Gasteiger partial charge in [-0.3, -0.25) is 4.79 Å². The minimum atomic E-state index is -0.0719. The first-order valence-corrected chi connectivity index (χ1v) is 11.4. The SMILES string of the molecule is Cc1c(Cl)cccc1NC(=O)CC(CCCO)c1nnc(CCC(C)C)n1C1CC1. The molecule has 1 aliphatic carbocycles. The van der Waals surface area contributed by atoms with Crippen molar-refractivity contribution < 1.29 is 9.90 Å². The van der Waals surface area contributed by atoms with Gasteiger partial charge in [0, 0.05) is 42.1 Å². The number of anilines is 1. The van der Waals surface area contributed by atoms with Gasteiger partial charge in [-0.15, -0.1) is 10.2 Å². The summed E-state index contributed by atoms with van der Waals surface area (Å²) in [5.74, 6) is 2.38. The maximum atomic E-state index is 12.9. The molecular weight excluding hydrogens is 400 g/mol. The lowest BCUT2D eigenvalue weighted by Gasteiger charge is -2.19. The summed E-state index contributed by atoms with van der Waals surface area (Å²) in [6.07, 6.45) is 5.89. The van der Waals surface area contributed by atoms with E-state index in [0.29, 0.717) is 36.2 Å². The van der Waals surface area contributed by atoms with E-state index in [9.17, 15) is 9.90 Å². The van der Waals surface area contributed by atoms with Crippen LogP contribution in [0.2, 0.25) is 5.02 Å². The lowest BCUT2D eigenvalue weighted by molar-refractivity contribution is -0.116. The molecule has 164 valence electrons. The molecule has 1 aromatic carbocycles. The summed E-state index contributed by atoms with van der Waals surface area (Å²) in [6.45, 7) is 6.42. The van der Waals surface area contributed by atoms with Crippen LogP contribution in [0.1, 0.15) is 81.5 Å². The van der Waals surface area contributed by atoms with Crippen molar-refractivity contribution >= 4 is 23.2 Å². The zero-order valence-electron chi connectivity index (χ0n) is 18.2. The highest BCUT2D eigenvalue weighted by Crippen LogP contribution is 2.39. The number of nitrogens with zero attached hydrogens (tertiary/aromatic N) is 3. The van der Waals surface area contributed by atoms with Crippen LogP contribution in [0.4, 0.5) is 5.69 Å². The largest absolute Gasteiger partial charge is 0.396 e. The van der Waals surface area contributed by atoms with Crippen LogP contribution in [0.15, 0.2) is 18.2 Å². The number of benzene rings is 1. The fraction of sp³-hybridized carbons (Fsp3) is 0.609. The summed E-state index contributed by atoms with van der Waals surface area (Å²) in [4.78, 5) is 12.9. The molecule has 7 heteroatoms. The van der Waals surface area contributed by atoms with Crippen molar-refractivity contribution in [2.24, 2.45) is 5.92 Å². The second-order valence-electron chi connectivity index (χ2n) is 8.74. The Balaban J connectivity index is 1.78. The van der Waals surface area contributed by atoms with E-state index in [2.05, 4.69) is 33.9 Å². The molecule has 1 aromatic heterocycles. The number of aromatic nitrogens is 3. The Morgan fingerprint density at radius 2 is 2.07 bits per heavy atom. The van der Waals surface area contributed by atoms with Crippen molar-refractivity contribution in [3.63, 3.8) is 0 Å². The van der Waals surface area contributed by atoms with Crippen molar-refractivity contribution in [3.05, 3.63) is 40.4 Å². The Hall–Kier alpha value is -1.92. The van der Waals surface area contributed by atoms with Crippen molar-refractivity contribution in [3.8, 4) is 0 Å². The number of aliphatic hydroxyl groups excluding tert-OH is 1. The number of hydrogen-bond donors (Lipinski definition) is 2. The molecule has 0 spiro atoms. The molecule has 0 aliphatic heterocycles. The molecule has 1 amide bonds. The topological polar surface area (TPSA) is 80.0 Å². The molecule has 1 saturated carbocycles. The third-order valence-corrected chi connectivity index (χ3v) is 6.11. The van der Waals surface area contributed by atoms with E-state index in [0.717, 1.165) is 48.6 Å². The Morgan fingerprint density at radius 1 is 1.30 bits per heavy atom. The van der Waals surface area contributed by atoms with E-state index in [-0.39, 0.29) is 18.4 Å². The number of aliphatic hydroxyl groups is 1. The molecule has 2 aromatic rings. The number of rotatable bonds is 11. The molecule has 1 fully saturated rings. The van der Waals surface area contributed by atoms with Gasteiger partial charge in [0.05, 0.1) is 0 Å². The average molecular weight is 433 g/mol. The Morgan fingerprint density at radius 3 is 2.73 bits per heavy atom. The molecule has 3 rings (SSSR count). The smallest absolute Gasteiger partial charge is 0.225 e. The van der Waals surface area contributed by atoms with Gasteiger partial charge in [0.1, 0.15) is 11.6 Å². The Labute approximate surface area is 184 Å². The normalized spacial score (nSPS) is 14.9.